The number of nitrogens with one attached hydrogen (secondary N) is 1. The van der Waals surface area contributed by atoms with Crippen molar-refractivity contribution >= 4 is 17.0 Å². The predicted octanol–water partition coefficient (Wildman–Crippen LogP) is 1.92. The van der Waals surface area contributed by atoms with Gasteiger partial charge in [-0.05, 0) is 50.9 Å². The van der Waals surface area contributed by atoms with Gasteiger partial charge in [0.1, 0.15) is 11.9 Å². The number of piperidine rings is 2. The Hall–Kier alpha value is -1.96. The number of hydrogen-bond donors (Lipinski definition) is 2. The monoisotopic (exact) mass is 398 g/mol. The van der Waals surface area contributed by atoms with Crippen LogP contribution >= 0.6 is 0 Å². The van der Waals surface area contributed by atoms with Gasteiger partial charge in [0.15, 0.2) is 0 Å². The van der Waals surface area contributed by atoms with Crippen LogP contribution in [0.2, 0.25) is 0 Å². The van der Waals surface area contributed by atoms with E-state index in [1.807, 2.05) is 18.2 Å². The fraction of sp³-hybridized carbons (Fsp3) is 0.636. The van der Waals surface area contributed by atoms with Gasteiger partial charge in [0, 0.05) is 26.1 Å². The summed E-state index contributed by atoms with van der Waals surface area (Å²) >= 11 is 0. The van der Waals surface area contributed by atoms with E-state index >= 15 is 0 Å². The molecular formula is C22H30N4O3. The Labute approximate surface area is 171 Å². The number of rotatable bonds is 4. The van der Waals surface area contributed by atoms with E-state index in [2.05, 4.69) is 25.8 Å². The molecule has 1 aromatic heterocycles. The SMILES string of the molecule is O=C1OC(CN2CCC(O)CC2)CC12CCN(Cc1nc3ccccc3[nH]1)CC2. The van der Waals surface area contributed by atoms with Crippen LogP contribution in [0, 0.1) is 5.41 Å². The van der Waals surface area contributed by atoms with Crippen molar-refractivity contribution < 1.29 is 14.6 Å². The lowest BCUT2D eigenvalue weighted by atomic mass is 9.76. The zero-order valence-corrected chi connectivity index (χ0v) is 16.8. The van der Waals surface area contributed by atoms with Gasteiger partial charge in [0.25, 0.3) is 0 Å². The summed E-state index contributed by atoms with van der Waals surface area (Å²) in [6.07, 6.45) is 4.04. The number of aliphatic hydroxyl groups is 1. The largest absolute Gasteiger partial charge is 0.461 e. The van der Waals surface area contributed by atoms with Crippen LogP contribution in [-0.2, 0) is 16.1 Å². The molecule has 156 valence electrons. The standard InChI is InChI=1S/C22H30N4O3/c27-16-5-9-25(10-6-16)14-17-13-22(21(28)29-17)7-11-26(12-8-22)15-20-23-18-3-1-2-4-19(18)24-20/h1-4,16-17,27H,5-15H2,(H,23,24). The molecule has 0 bridgehead atoms. The Balaban J connectivity index is 1.15. The van der Waals surface area contributed by atoms with Crippen molar-refractivity contribution in [1.82, 2.24) is 19.8 Å². The third-order valence-corrected chi connectivity index (χ3v) is 6.97. The number of ether oxygens (including phenoxy) is 1. The Morgan fingerprint density at radius 2 is 1.90 bits per heavy atom. The maximum Gasteiger partial charge on any atom is 0.312 e. The number of carbonyl (C=O) groups excluding carboxylic acids is 1. The summed E-state index contributed by atoms with van der Waals surface area (Å²) in [6.45, 7) is 5.19. The van der Waals surface area contributed by atoms with Crippen molar-refractivity contribution in [2.45, 2.75) is 50.9 Å². The summed E-state index contributed by atoms with van der Waals surface area (Å²) in [7, 11) is 0. The Morgan fingerprint density at radius 3 is 2.66 bits per heavy atom. The number of aliphatic hydroxyl groups excluding tert-OH is 1. The summed E-state index contributed by atoms with van der Waals surface area (Å²) < 4.78 is 5.80. The minimum absolute atomic E-state index is 0.000309. The highest BCUT2D eigenvalue weighted by Gasteiger charge is 2.50. The van der Waals surface area contributed by atoms with Crippen LogP contribution in [0.5, 0.6) is 0 Å². The molecule has 1 spiro atoms. The fourth-order valence-corrected chi connectivity index (χ4v) is 5.17. The smallest absolute Gasteiger partial charge is 0.312 e. The number of benzene rings is 1. The number of aromatic amines is 1. The van der Waals surface area contributed by atoms with Crippen molar-refractivity contribution in [2.24, 2.45) is 5.41 Å². The molecular weight excluding hydrogens is 368 g/mol. The first-order chi connectivity index (χ1) is 14.1. The third kappa shape index (κ3) is 3.91. The van der Waals surface area contributed by atoms with Crippen molar-refractivity contribution in [3.05, 3.63) is 30.1 Å². The second-order valence-corrected chi connectivity index (χ2v) is 9.02. The van der Waals surface area contributed by atoms with Gasteiger partial charge in [0.2, 0.25) is 0 Å². The summed E-state index contributed by atoms with van der Waals surface area (Å²) in [5.74, 6) is 0.990. The van der Waals surface area contributed by atoms with Gasteiger partial charge in [-0.1, -0.05) is 12.1 Å². The number of para-hydroxylation sites is 2. The van der Waals surface area contributed by atoms with Gasteiger partial charge in [-0.2, -0.15) is 0 Å². The van der Waals surface area contributed by atoms with Gasteiger partial charge >= 0.3 is 5.97 Å². The molecule has 3 fully saturated rings. The van der Waals surface area contributed by atoms with Gasteiger partial charge in [-0.25, -0.2) is 4.98 Å². The average Bonchev–Trinajstić information content (AvgIpc) is 3.26. The number of carbonyl (C=O) groups is 1. The van der Waals surface area contributed by atoms with Crippen molar-refractivity contribution in [3.8, 4) is 0 Å². The maximum absolute atomic E-state index is 12.7. The van der Waals surface area contributed by atoms with Gasteiger partial charge in [0.05, 0.1) is 29.1 Å². The second-order valence-electron chi connectivity index (χ2n) is 9.02. The van der Waals surface area contributed by atoms with Crippen molar-refractivity contribution in [3.63, 3.8) is 0 Å². The maximum atomic E-state index is 12.7. The molecule has 0 amide bonds. The number of H-pyrrole nitrogens is 1. The van der Waals surface area contributed by atoms with Crippen LogP contribution in [0.1, 0.15) is 37.9 Å². The third-order valence-electron chi connectivity index (χ3n) is 6.97. The van der Waals surface area contributed by atoms with E-state index in [1.165, 1.54) is 0 Å². The zero-order chi connectivity index (χ0) is 19.8. The fourth-order valence-electron chi connectivity index (χ4n) is 5.17. The first-order valence-corrected chi connectivity index (χ1v) is 10.9. The molecule has 1 unspecified atom stereocenters. The Kier molecular flexibility index (Phi) is 5.05. The molecule has 7 nitrogen and oxygen atoms in total. The van der Waals surface area contributed by atoms with Gasteiger partial charge < -0.3 is 14.8 Å². The van der Waals surface area contributed by atoms with E-state index < -0.39 is 0 Å². The Morgan fingerprint density at radius 1 is 1.14 bits per heavy atom. The number of aromatic nitrogens is 2. The van der Waals surface area contributed by atoms with E-state index in [0.717, 1.165) is 88.2 Å². The molecule has 5 rings (SSSR count). The van der Waals surface area contributed by atoms with Crippen LogP contribution in [-0.4, -0.2) is 75.8 Å². The zero-order valence-electron chi connectivity index (χ0n) is 16.8. The number of esters is 1. The molecule has 0 aliphatic carbocycles. The molecule has 3 saturated heterocycles. The molecule has 0 radical (unpaired) electrons. The molecule has 3 aliphatic heterocycles. The van der Waals surface area contributed by atoms with Crippen molar-refractivity contribution in [1.29, 1.82) is 0 Å². The van der Waals surface area contributed by atoms with Crippen LogP contribution in [0.15, 0.2) is 24.3 Å². The summed E-state index contributed by atoms with van der Waals surface area (Å²) in [4.78, 5) is 25.5. The first kappa shape index (κ1) is 19.0. The van der Waals surface area contributed by atoms with Crippen LogP contribution < -0.4 is 0 Å². The van der Waals surface area contributed by atoms with E-state index in [1.54, 1.807) is 0 Å². The van der Waals surface area contributed by atoms with Crippen LogP contribution in [0.3, 0.4) is 0 Å². The average molecular weight is 399 g/mol. The van der Waals surface area contributed by atoms with E-state index in [4.69, 9.17) is 4.74 Å². The highest BCUT2D eigenvalue weighted by Crippen LogP contribution is 2.43. The van der Waals surface area contributed by atoms with E-state index in [-0.39, 0.29) is 23.6 Å². The van der Waals surface area contributed by atoms with E-state index in [9.17, 15) is 9.90 Å². The number of cyclic esters (lactones) is 1. The molecule has 4 heterocycles. The predicted molar refractivity (Wildman–Crippen MR) is 109 cm³/mol. The lowest BCUT2D eigenvalue weighted by Crippen LogP contribution is -2.42. The number of imidazole rings is 1. The highest BCUT2D eigenvalue weighted by molar-refractivity contribution is 5.79. The quantitative estimate of drug-likeness (QED) is 0.766. The minimum Gasteiger partial charge on any atom is -0.461 e. The summed E-state index contributed by atoms with van der Waals surface area (Å²) in [6, 6.07) is 8.10. The molecule has 1 atom stereocenters. The lowest BCUT2D eigenvalue weighted by molar-refractivity contribution is -0.151. The van der Waals surface area contributed by atoms with Gasteiger partial charge in [-0.3, -0.25) is 14.6 Å². The number of likely N-dealkylation sites (tertiary alicyclic amines) is 2. The van der Waals surface area contributed by atoms with E-state index in [0.29, 0.717) is 0 Å². The molecule has 2 N–H and O–H groups in total. The summed E-state index contributed by atoms with van der Waals surface area (Å²) in [5.41, 5.74) is 1.77. The first-order valence-electron chi connectivity index (χ1n) is 10.9. The highest BCUT2D eigenvalue weighted by atomic mass is 16.6. The normalized spacial score (nSPS) is 26.4. The number of nitrogens with zero attached hydrogens (tertiary/aromatic N) is 3. The topological polar surface area (TPSA) is 81.7 Å². The Bertz CT molecular complexity index is 833. The lowest BCUT2D eigenvalue weighted by Gasteiger charge is -2.36. The van der Waals surface area contributed by atoms with Gasteiger partial charge in [-0.15, -0.1) is 0 Å². The molecule has 0 saturated carbocycles. The molecule has 1 aromatic carbocycles. The molecule has 7 heteroatoms. The van der Waals surface area contributed by atoms with Crippen LogP contribution in [0.25, 0.3) is 11.0 Å². The number of fused-ring (bicyclic) bond motifs is 1. The van der Waals surface area contributed by atoms with Crippen molar-refractivity contribution in [2.75, 3.05) is 32.7 Å². The summed E-state index contributed by atoms with van der Waals surface area (Å²) in [5, 5.41) is 9.68. The minimum atomic E-state index is -0.301. The number of hydrogen-bond acceptors (Lipinski definition) is 6. The van der Waals surface area contributed by atoms with Crippen LogP contribution in [0.4, 0.5) is 0 Å². The molecule has 3 aliphatic rings. The molecule has 2 aromatic rings. The second kappa shape index (κ2) is 7.70. The molecule has 29 heavy (non-hydrogen) atoms.